The predicted octanol–water partition coefficient (Wildman–Crippen LogP) is 0.767. The molecule has 0 aromatic heterocycles. The molecule has 0 amide bonds. The highest BCUT2D eigenvalue weighted by Gasteiger charge is 2.13. The summed E-state index contributed by atoms with van der Waals surface area (Å²) in [6, 6.07) is 8.02. The number of hydrogen-bond donors (Lipinski definition) is 2. The maximum absolute atomic E-state index is 10.5. The van der Waals surface area contributed by atoms with Crippen LogP contribution in [0, 0.1) is 0 Å². The Hall–Kier alpha value is -2.37. The predicted molar refractivity (Wildman–Crippen MR) is 53.0 cm³/mol. The van der Waals surface area contributed by atoms with Gasteiger partial charge in [-0.1, -0.05) is 18.2 Å². The van der Waals surface area contributed by atoms with Gasteiger partial charge < -0.3 is 14.9 Å². The van der Waals surface area contributed by atoms with Crippen molar-refractivity contribution in [2.24, 2.45) is 0 Å². The van der Waals surface area contributed by atoms with Gasteiger partial charge in [0.1, 0.15) is 5.75 Å². The molecule has 0 heterocycles. The molecular weight excluding hydrogens is 216 g/mol. The van der Waals surface area contributed by atoms with E-state index in [1.807, 2.05) is 0 Å². The summed E-state index contributed by atoms with van der Waals surface area (Å²) >= 11 is 0. The Labute approximate surface area is 91.1 Å². The molecule has 1 aromatic rings. The summed E-state index contributed by atoms with van der Waals surface area (Å²) < 4.78 is 4.44. The van der Waals surface area contributed by atoms with Gasteiger partial charge in [0.25, 0.3) is 5.97 Å². The lowest BCUT2D eigenvalue weighted by Crippen LogP contribution is -2.19. The second-order valence-corrected chi connectivity index (χ2v) is 2.53. The molecule has 0 unspecified atom stereocenters. The van der Waals surface area contributed by atoms with Gasteiger partial charge in [-0.05, 0) is 12.1 Å². The fraction of sp³-hybridized carbons (Fsp3) is 0.100. The zero-order valence-electron chi connectivity index (χ0n) is 8.41. The standard InChI is InChI=1S/C8H6O4.C2H4O2/c9-7(10)8(11)12-6-4-2-1-3-5-6;1-2(3)4/h1-5H,(H,9,10);1H3,(H,3,4). The van der Waals surface area contributed by atoms with Crippen molar-refractivity contribution in [1.82, 2.24) is 0 Å². The van der Waals surface area contributed by atoms with E-state index in [0.717, 1.165) is 6.92 Å². The number of ether oxygens (including phenoxy) is 1. The van der Waals surface area contributed by atoms with Gasteiger partial charge in [0.2, 0.25) is 0 Å². The first-order valence-electron chi connectivity index (χ1n) is 4.13. The Morgan fingerprint density at radius 1 is 1.06 bits per heavy atom. The molecule has 1 rings (SSSR count). The van der Waals surface area contributed by atoms with E-state index in [1.54, 1.807) is 18.2 Å². The second kappa shape index (κ2) is 6.99. The summed E-state index contributed by atoms with van der Waals surface area (Å²) in [6.07, 6.45) is 0. The summed E-state index contributed by atoms with van der Waals surface area (Å²) in [5.74, 6) is -3.48. The molecule has 0 aliphatic rings. The molecule has 0 bridgehead atoms. The highest BCUT2D eigenvalue weighted by molar-refractivity contribution is 6.29. The Bertz CT molecular complexity index is 366. The molecule has 2 N–H and O–H groups in total. The van der Waals surface area contributed by atoms with Gasteiger partial charge in [-0.2, -0.15) is 0 Å². The Morgan fingerprint density at radius 3 is 1.88 bits per heavy atom. The van der Waals surface area contributed by atoms with E-state index in [4.69, 9.17) is 15.0 Å². The van der Waals surface area contributed by atoms with E-state index >= 15 is 0 Å². The molecule has 0 fully saturated rings. The van der Waals surface area contributed by atoms with Crippen LogP contribution in [0.2, 0.25) is 0 Å². The Kier molecular flexibility index (Phi) is 5.96. The molecule has 0 saturated heterocycles. The number of esters is 1. The zero-order valence-corrected chi connectivity index (χ0v) is 8.41. The minimum absolute atomic E-state index is 0.227. The summed E-state index contributed by atoms with van der Waals surface area (Å²) in [5.41, 5.74) is 0. The molecule has 6 heteroatoms. The van der Waals surface area contributed by atoms with Gasteiger partial charge in [-0.25, -0.2) is 9.59 Å². The number of rotatable bonds is 1. The second-order valence-electron chi connectivity index (χ2n) is 2.53. The maximum Gasteiger partial charge on any atom is 0.422 e. The highest BCUT2D eigenvalue weighted by atomic mass is 16.6. The molecule has 0 spiro atoms. The van der Waals surface area contributed by atoms with Crippen molar-refractivity contribution in [1.29, 1.82) is 0 Å². The first-order chi connectivity index (χ1) is 7.43. The fourth-order valence-corrected chi connectivity index (χ4v) is 0.639. The van der Waals surface area contributed by atoms with E-state index in [0.29, 0.717) is 0 Å². The molecule has 6 nitrogen and oxygen atoms in total. The van der Waals surface area contributed by atoms with Crippen molar-refractivity contribution in [3.05, 3.63) is 30.3 Å². The van der Waals surface area contributed by atoms with Crippen LogP contribution in [0.5, 0.6) is 5.75 Å². The van der Waals surface area contributed by atoms with E-state index in [1.165, 1.54) is 12.1 Å². The quantitative estimate of drug-likeness (QED) is 0.416. The van der Waals surface area contributed by atoms with Crippen LogP contribution in [0.15, 0.2) is 30.3 Å². The largest absolute Gasteiger partial charge is 0.481 e. The van der Waals surface area contributed by atoms with Crippen LogP contribution >= 0.6 is 0 Å². The molecule has 0 atom stereocenters. The van der Waals surface area contributed by atoms with Gasteiger partial charge in [0, 0.05) is 6.92 Å². The average Bonchev–Trinajstić information content (AvgIpc) is 2.18. The van der Waals surface area contributed by atoms with Gasteiger partial charge in [0.05, 0.1) is 0 Å². The first kappa shape index (κ1) is 13.6. The van der Waals surface area contributed by atoms with Crippen LogP contribution in [0.3, 0.4) is 0 Å². The van der Waals surface area contributed by atoms with Crippen LogP contribution < -0.4 is 4.74 Å². The third-order valence-electron chi connectivity index (χ3n) is 1.13. The fourth-order valence-electron chi connectivity index (χ4n) is 0.639. The van der Waals surface area contributed by atoms with E-state index in [-0.39, 0.29) is 5.75 Å². The van der Waals surface area contributed by atoms with E-state index in [2.05, 4.69) is 4.74 Å². The van der Waals surface area contributed by atoms with Gasteiger partial charge in [0.15, 0.2) is 0 Å². The topological polar surface area (TPSA) is 101 Å². The number of aliphatic carboxylic acids is 2. The third-order valence-corrected chi connectivity index (χ3v) is 1.13. The van der Waals surface area contributed by atoms with Crippen molar-refractivity contribution >= 4 is 17.9 Å². The lowest BCUT2D eigenvalue weighted by atomic mass is 10.3. The molecule has 86 valence electrons. The van der Waals surface area contributed by atoms with Crippen LogP contribution in [0.25, 0.3) is 0 Å². The summed E-state index contributed by atoms with van der Waals surface area (Å²) in [7, 11) is 0. The Balaban J connectivity index is 0.000000487. The number of carbonyl (C=O) groups is 3. The molecular formula is C10H10O6. The average molecular weight is 226 g/mol. The number of carbonyl (C=O) groups excluding carboxylic acids is 1. The normalized spacial score (nSPS) is 8.31. The number of benzene rings is 1. The van der Waals surface area contributed by atoms with Gasteiger partial charge in [-0.3, -0.25) is 4.79 Å². The smallest absolute Gasteiger partial charge is 0.422 e. The molecule has 0 aliphatic carbocycles. The lowest BCUT2D eigenvalue weighted by molar-refractivity contribution is -0.158. The lowest BCUT2D eigenvalue weighted by Gasteiger charge is -1.98. The van der Waals surface area contributed by atoms with Crippen molar-refractivity contribution in [3.8, 4) is 5.75 Å². The van der Waals surface area contributed by atoms with Gasteiger partial charge >= 0.3 is 11.9 Å². The summed E-state index contributed by atoms with van der Waals surface area (Å²) in [6.45, 7) is 1.08. The van der Waals surface area contributed by atoms with E-state index < -0.39 is 17.9 Å². The Morgan fingerprint density at radius 2 is 1.50 bits per heavy atom. The maximum atomic E-state index is 10.5. The number of para-hydroxylation sites is 1. The SMILES string of the molecule is CC(=O)O.O=C(O)C(=O)Oc1ccccc1. The number of carboxylic acids is 2. The van der Waals surface area contributed by atoms with Crippen LogP contribution in [0.4, 0.5) is 0 Å². The van der Waals surface area contributed by atoms with Gasteiger partial charge in [-0.15, -0.1) is 0 Å². The monoisotopic (exact) mass is 226 g/mol. The van der Waals surface area contributed by atoms with Crippen LogP contribution in [-0.4, -0.2) is 28.1 Å². The summed E-state index contributed by atoms with van der Waals surface area (Å²) in [4.78, 5) is 29.5. The highest BCUT2D eigenvalue weighted by Crippen LogP contribution is 2.07. The zero-order chi connectivity index (χ0) is 12.6. The third kappa shape index (κ3) is 7.07. The minimum atomic E-state index is -1.60. The molecule has 16 heavy (non-hydrogen) atoms. The minimum Gasteiger partial charge on any atom is -0.481 e. The number of carboxylic acid groups (broad SMARTS) is 2. The first-order valence-corrected chi connectivity index (χ1v) is 4.13. The molecule has 0 radical (unpaired) electrons. The molecule has 1 aromatic carbocycles. The molecule has 0 aliphatic heterocycles. The van der Waals surface area contributed by atoms with E-state index in [9.17, 15) is 9.59 Å². The van der Waals surface area contributed by atoms with Crippen molar-refractivity contribution in [2.45, 2.75) is 6.92 Å². The van der Waals surface area contributed by atoms with Crippen molar-refractivity contribution in [2.75, 3.05) is 0 Å². The summed E-state index contributed by atoms with van der Waals surface area (Å²) in [5, 5.41) is 15.6. The van der Waals surface area contributed by atoms with Crippen molar-refractivity contribution in [3.63, 3.8) is 0 Å². The van der Waals surface area contributed by atoms with Crippen molar-refractivity contribution < 1.29 is 29.3 Å². The molecule has 0 saturated carbocycles. The van der Waals surface area contributed by atoms with Crippen LogP contribution in [0.1, 0.15) is 6.92 Å². The van der Waals surface area contributed by atoms with Crippen LogP contribution in [-0.2, 0) is 14.4 Å². The number of hydrogen-bond acceptors (Lipinski definition) is 4.